The lowest BCUT2D eigenvalue weighted by atomic mass is 9.95. The maximum atomic E-state index is 12.8. The van der Waals surface area contributed by atoms with Gasteiger partial charge in [-0.2, -0.15) is 0 Å². The van der Waals surface area contributed by atoms with Crippen LogP contribution in [0.15, 0.2) is 36.4 Å². The van der Waals surface area contributed by atoms with Gasteiger partial charge in [0.15, 0.2) is 0 Å². The molecular weight excluding hydrogens is 266 g/mol. The first kappa shape index (κ1) is 12.5. The number of nitrogens with zero attached hydrogens (tertiary/aromatic N) is 2. The summed E-state index contributed by atoms with van der Waals surface area (Å²) < 4.78 is 0. The molecule has 0 aliphatic carbocycles. The van der Waals surface area contributed by atoms with Crippen LogP contribution in [0.2, 0.25) is 0 Å². The second kappa shape index (κ2) is 4.65. The molecule has 1 fully saturated rings. The van der Waals surface area contributed by atoms with Crippen LogP contribution in [0.1, 0.15) is 20.7 Å². The molecule has 2 aromatic carbocycles. The Morgan fingerprint density at radius 2 is 1.43 bits per heavy atom. The lowest BCUT2D eigenvalue weighted by molar-refractivity contribution is -0.00828. The molecule has 0 radical (unpaired) electrons. The van der Waals surface area contributed by atoms with E-state index in [1.54, 1.807) is 12.1 Å². The number of nitrogens with one attached hydrogen (secondary N) is 1. The van der Waals surface area contributed by atoms with Crippen molar-refractivity contribution in [3.63, 3.8) is 0 Å². The Morgan fingerprint density at radius 1 is 0.857 bits per heavy atom. The van der Waals surface area contributed by atoms with Crippen LogP contribution in [0, 0.1) is 0 Å². The molecule has 0 spiro atoms. The van der Waals surface area contributed by atoms with Crippen LogP contribution in [-0.4, -0.2) is 48.0 Å². The first-order valence-electron chi connectivity index (χ1n) is 7.13. The Hall–Kier alpha value is -2.24. The normalized spacial score (nSPS) is 19.3. The molecule has 1 N–H and O–H groups in total. The van der Waals surface area contributed by atoms with Gasteiger partial charge in [-0.15, -0.1) is 0 Å². The monoisotopic (exact) mass is 281 g/mol. The van der Waals surface area contributed by atoms with Gasteiger partial charge >= 0.3 is 0 Å². The van der Waals surface area contributed by atoms with Crippen LogP contribution in [0.3, 0.4) is 0 Å². The van der Waals surface area contributed by atoms with Gasteiger partial charge in [0.05, 0.1) is 11.1 Å². The molecule has 21 heavy (non-hydrogen) atoms. The van der Waals surface area contributed by atoms with Crippen molar-refractivity contribution in [2.24, 2.45) is 0 Å². The van der Waals surface area contributed by atoms with Gasteiger partial charge in [0.2, 0.25) is 0 Å². The van der Waals surface area contributed by atoms with E-state index in [1.165, 1.54) is 5.01 Å². The molecular formula is C16H15N3O2. The van der Waals surface area contributed by atoms with Crippen LogP contribution >= 0.6 is 0 Å². The zero-order chi connectivity index (χ0) is 14.4. The fraction of sp³-hybridized carbons (Fsp3) is 0.250. The highest BCUT2D eigenvalue weighted by molar-refractivity contribution is 6.25. The molecule has 0 bridgehead atoms. The average molecular weight is 281 g/mol. The van der Waals surface area contributed by atoms with E-state index in [1.807, 2.05) is 29.3 Å². The number of hydrogen-bond donors (Lipinski definition) is 1. The summed E-state index contributed by atoms with van der Waals surface area (Å²) in [4.78, 5) is 25.5. The predicted molar refractivity (Wildman–Crippen MR) is 78.9 cm³/mol. The van der Waals surface area contributed by atoms with Crippen molar-refractivity contribution in [1.29, 1.82) is 0 Å². The number of benzene rings is 2. The highest BCUT2D eigenvalue weighted by Crippen LogP contribution is 2.30. The number of carbonyl (C=O) groups is 2. The number of amides is 2. The Labute approximate surface area is 122 Å². The Morgan fingerprint density at radius 3 is 2.00 bits per heavy atom. The van der Waals surface area contributed by atoms with Gasteiger partial charge in [-0.1, -0.05) is 24.3 Å². The first-order chi connectivity index (χ1) is 10.3. The maximum absolute atomic E-state index is 12.8. The molecule has 0 aromatic heterocycles. The number of hydrogen-bond acceptors (Lipinski definition) is 4. The fourth-order valence-corrected chi connectivity index (χ4v) is 3.13. The standard InChI is InChI=1S/C16H15N3O2/c20-15-12-5-1-3-11-4-2-6-13(14(11)12)16(21)19(15)18-9-7-17-8-10-18/h1-6,17H,7-10H2. The molecule has 5 heteroatoms. The summed E-state index contributed by atoms with van der Waals surface area (Å²) in [6.45, 7) is 2.89. The molecule has 4 rings (SSSR count). The fourth-order valence-electron chi connectivity index (χ4n) is 3.13. The molecule has 5 nitrogen and oxygen atoms in total. The van der Waals surface area contributed by atoms with Crippen molar-refractivity contribution >= 4 is 22.6 Å². The van der Waals surface area contributed by atoms with Gasteiger partial charge in [0.1, 0.15) is 0 Å². The smallest absolute Gasteiger partial charge is 0.276 e. The van der Waals surface area contributed by atoms with Crippen molar-refractivity contribution in [3.05, 3.63) is 47.5 Å². The third kappa shape index (κ3) is 1.78. The third-order valence-electron chi connectivity index (χ3n) is 4.13. The summed E-state index contributed by atoms with van der Waals surface area (Å²) >= 11 is 0. The van der Waals surface area contributed by atoms with Gasteiger partial charge in [0.25, 0.3) is 11.8 Å². The zero-order valence-corrected chi connectivity index (χ0v) is 11.5. The van der Waals surface area contributed by atoms with Crippen molar-refractivity contribution in [1.82, 2.24) is 15.3 Å². The molecule has 0 unspecified atom stereocenters. The largest absolute Gasteiger partial charge is 0.314 e. The van der Waals surface area contributed by atoms with E-state index in [0.717, 1.165) is 23.9 Å². The molecule has 2 amide bonds. The Kier molecular flexibility index (Phi) is 2.77. The summed E-state index contributed by atoms with van der Waals surface area (Å²) in [6, 6.07) is 11.2. The molecule has 1 saturated heterocycles. The highest BCUT2D eigenvalue weighted by Gasteiger charge is 2.36. The van der Waals surface area contributed by atoms with E-state index < -0.39 is 0 Å². The maximum Gasteiger partial charge on any atom is 0.276 e. The van der Waals surface area contributed by atoms with Crippen LogP contribution in [0.5, 0.6) is 0 Å². The molecule has 2 aromatic rings. The number of rotatable bonds is 1. The quantitative estimate of drug-likeness (QED) is 0.800. The van der Waals surface area contributed by atoms with Crippen LogP contribution in [-0.2, 0) is 0 Å². The molecule has 2 aliphatic heterocycles. The first-order valence-corrected chi connectivity index (χ1v) is 7.13. The van der Waals surface area contributed by atoms with Gasteiger partial charge < -0.3 is 5.32 Å². The molecule has 2 aliphatic rings. The second-order valence-electron chi connectivity index (χ2n) is 5.34. The average Bonchev–Trinajstić information content (AvgIpc) is 2.54. The number of carbonyl (C=O) groups excluding carboxylic acids is 2. The number of imide groups is 1. The minimum absolute atomic E-state index is 0.216. The summed E-state index contributed by atoms with van der Waals surface area (Å²) in [5.74, 6) is -0.433. The third-order valence-corrected chi connectivity index (χ3v) is 4.13. The SMILES string of the molecule is O=C1c2cccc3cccc(c23)C(=O)N1N1CCNCC1. The van der Waals surface area contributed by atoms with E-state index in [2.05, 4.69) is 5.32 Å². The number of piperazine rings is 1. The van der Waals surface area contributed by atoms with Crippen LogP contribution in [0.4, 0.5) is 0 Å². The van der Waals surface area contributed by atoms with E-state index in [-0.39, 0.29) is 11.8 Å². The van der Waals surface area contributed by atoms with Crippen LogP contribution in [0.25, 0.3) is 10.8 Å². The topological polar surface area (TPSA) is 52.7 Å². The molecule has 0 saturated carbocycles. The van der Waals surface area contributed by atoms with Gasteiger partial charge in [-0.25, -0.2) is 10.0 Å². The molecule has 2 heterocycles. The van der Waals surface area contributed by atoms with Crippen molar-refractivity contribution in [2.45, 2.75) is 0 Å². The summed E-state index contributed by atoms with van der Waals surface area (Å²) in [5.41, 5.74) is 1.22. The molecule has 0 atom stereocenters. The lowest BCUT2D eigenvalue weighted by Crippen LogP contribution is -2.57. The minimum Gasteiger partial charge on any atom is -0.314 e. The van der Waals surface area contributed by atoms with Gasteiger partial charge in [-0.3, -0.25) is 9.59 Å². The minimum atomic E-state index is -0.216. The van der Waals surface area contributed by atoms with E-state index in [9.17, 15) is 9.59 Å². The second-order valence-corrected chi connectivity index (χ2v) is 5.34. The van der Waals surface area contributed by atoms with Crippen LogP contribution < -0.4 is 5.32 Å². The van der Waals surface area contributed by atoms with Gasteiger partial charge in [0, 0.05) is 31.6 Å². The van der Waals surface area contributed by atoms with E-state index >= 15 is 0 Å². The predicted octanol–water partition coefficient (Wildman–Crippen LogP) is 1.26. The van der Waals surface area contributed by atoms with Crippen molar-refractivity contribution in [3.8, 4) is 0 Å². The zero-order valence-electron chi connectivity index (χ0n) is 11.5. The van der Waals surface area contributed by atoms with Gasteiger partial charge in [-0.05, 0) is 17.5 Å². The lowest BCUT2D eigenvalue weighted by Gasteiger charge is -2.38. The van der Waals surface area contributed by atoms with Crippen molar-refractivity contribution < 1.29 is 9.59 Å². The van der Waals surface area contributed by atoms with Crippen molar-refractivity contribution in [2.75, 3.05) is 26.2 Å². The van der Waals surface area contributed by atoms with E-state index in [0.29, 0.717) is 24.2 Å². The Balaban J connectivity index is 1.88. The summed E-state index contributed by atoms with van der Waals surface area (Å²) in [6.07, 6.45) is 0. The van der Waals surface area contributed by atoms with E-state index in [4.69, 9.17) is 0 Å². The summed E-state index contributed by atoms with van der Waals surface area (Å²) in [7, 11) is 0. The Bertz CT molecular complexity index is 700. The highest BCUT2D eigenvalue weighted by atomic mass is 16.2. The number of hydrazine groups is 1. The summed E-state index contributed by atoms with van der Waals surface area (Å²) in [5, 5.41) is 8.11. The molecule has 106 valence electrons.